The van der Waals surface area contributed by atoms with Gasteiger partial charge in [-0.2, -0.15) is 0 Å². The molecule has 7 heteroatoms. The Kier molecular flexibility index (Phi) is 5.76. The average Bonchev–Trinajstić information content (AvgIpc) is 2.43. The lowest BCUT2D eigenvalue weighted by atomic mass is 10.3. The number of benzene rings is 2. The van der Waals surface area contributed by atoms with E-state index in [-0.39, 0.29) is 5.91 Å². The van der Waals surface area contributed by atoms with Crippen molar-refractivity contribution in [3.05, 3.63) is 52.0 Å². The number of anilines is 3. The maximum atomic E-state index is 11.0. The average molecular weight is 399 g/mol. The van der Waals surface area contributed by atoms with Crippen LogP contribution in [0.1, 0.15) is 6.92 Å². The van der Waals surface area contributed by atoms with Crippen LogP contribution in [0.25, 0.3) is 0 Å². The van der Waals surface area contributed by atoms with E-state index in [4.69, 9.17) is 23.8 Å². The van der Waals surface area contributed by atoms with Crippen LogP contribution in [0.5, 0.6) is 0 Å². The summed E-state index contributed by atoms with van der Waals surface area (Å²) in [5.74, 6) is -0.109. The van der Waals surface area contributed by atoms with Crippen LogP contribution in [0.15, 0.2) is 46.9 Å². The maximum Gasteiger partial charge on any atom is 0.221 e. The van der Waals surface area contributed by atoms with E-state index in [9.17, 15) is 4.79 Å². The molecule has 3 N–H and O–H groups in total. The molecule has 0 aliphatic heterocycles. The Morgan fingerprint density at radius 1 is 1.05 bits per heavy atom. The Hall–Kier alpha value is -1.63. The van der Waals surface area contributed by atoms with Crippen LogP contribution in [0, 0.1) is 0 Å². The smallest absolute Gasteiger partial charge is 0.221 e. The molecule has 0 atom stereocenters. The molecule has 0 saturated carbocycles. The lowest BCUT2D eigenvalue weighted by molar-refractivity contribution is -0.114. The summed E-state index contributed by atoms with van der Waals surface area (Å²) < 4.78 is 0.899. The Labute approximate surface area is 147 Å². The third-order valence-corrected chi connectivity index (χ3v) is 3.65. The maximum absolute atomic E-state index is 11.0. The normalized spacial score (nSPS) is 9.95. The van der Waals surface area contributed by atoms with Crippen LogP contribution in [0.2, 0.25) is 5.02 Å². The Morgan fingerprint density at radius 2 is 1.64 bits per heavy atom. The van der Waals surface area contributed by atoms with Crippen molar-refractivity contribution >= 4 is 67.8 Å². The topological polar surface area (TPSA) is 53.2 Å². The summed E-state index contributed by atoms with van der Waals surface area (Å²) in [6.07, 6.45) is 0. The molecule has 1 amide bonds. The molecule has 2 aromatic carbocycles. The second-order valence-corrected chi connectivity index (χ2v) is 6.19. The zero-order valence-corrected chi connectivity index (χ0v) is 14.8. The number of amides is 1. The quantitative estimate of drug-likeness (QED) is 0.646. The van der Waals surface area contributed by atoms with Gasteiger partial charge in [0, 0.05) is 22.8 Å². The van der Waals surface area contributed by atoms with Crippen molar-refractivity contribution in [1.82, 2.24) is 0 Å². The molecule has 0 spiro atoms. The zero-order valence-electron chi connectivity index (χ0n) is 11.6. The molecule has 2 rings (SSSR count). The first kappa shape index (κ1) is 16.7. The molecule has 0 aliphatic carbocycles. The van der Waals surface area contributed by atoms with E-state index in [2.05, 4.69) is 31.9 Å². The van der Waals surface area contributed by atoms with Crippen LogP contribution in [0.3, 0.4) is 0 Å². The number of hydrogen-bond acceptors (Lipinski definition) is 2. The lowest BCUT2D eigenvalue weighted by Gasteiger charge is -2.12. The lowest BCUT2D eigenvalue weighted by Crippen LogP contribution is -2.19. The first-order chi connectivity index (χ1) is 10.4. The highest BCUT2D eigenvalue weighted by Crippen LogP contribution is 2.25. The highest BCUT2D eigenvalue weighted by Gasteiger charge is 2.04. The van der Waals surface area contributed by atoms with Crippen molar-refractivity contribution in [2.45, 2.75) is 6.92 Å². The highest BCUT2D eigenvalue weighted by atomic mass is 79.9. The van der Waals surface area contributed by atoms with E-state index in [0.717, 1.165) is 21.5 Å². The summed E-state index contributed by atoms with van der Waals surface area (Å²) in [5.41, 5.74) is 2.25. The van der Waals surface area contributed by atoms with Gasteiger partial charge in [-0.05, 0) is 54.7 Å². The van der Waals surface area contributed by atoms with E-state index >= 15 is 0 Å². The van der Waals surface area contributed by atoms with Crippen molar-refractivity contribution in [1.29, 1.82) is 0 Å². The molecular formula is C15H13BrClN3OS. The molecule has 0 fully saturated rings. The fourth-order valence-corrected chi connectivity index (χ4v) is 2.66. The predicted octanol–water partition coefficient (Wildman–Crippen LogP) is 4.87. The summed E-state index contributed by atoms with van der Waals surface area (Å²) in [4.78, 5) is 11.0. The minimum Gasteiger partial charge on any atom is -0.332 e. The van der Waals surface area contributed by atoms with Gasteiger partial charge in [-0.3, -0.25) is 4.79 Å². The van der Waals surface area contributed by atoms with Gasteiger partial charge in [0.2, 0.25) is 5.91 Å². The monoisotopic (exact) mass is 397 g/mol. The van der Waals surface area contributed by atoms with Crippen LogP contribution in [0.4, 0.5) is 17.1 Å². The Bertz CT molecular complexity index is 706. The highest BCUT2D eigenvalue weighted by molar-refractivity contribution is 9.10. The van der Waals surface area contributed by atoms with Crippen LogP contribution < -0.4 is 16.0 Å². The van der Waals surface area contributed by atoms with E-state index in [0.29, 0.717) is 10.1 Å². The van der Waals surface area contributed by atoms with Gasteiger partial charge in [0.15, 0.2) is 5.11 Å². The molecule has 2 aromatic rings. The number of rotatable bonds is 3. The number of thiocarbonyl (C=S) groups is 1. The molecule has 0 unspecified atom stereocenters. The fourth-order valence-electron chi connectivity index (χ4n) is 1.72. The fraction of sp³-hybridized carbons (Fsp3) is 0.0667. The molecule has 0 aliphatic rings. The minimum absolute atomic E-state index is 0.109. The van der Waals surface area contributed by atoms with E-state index < -0.39 is 0 Å². The van der Waals surface area contributed by atoms with Gasteiger partial charge in [-0.15, -0.1) is 0 Å². The van der Waals surface area contributed by atoms with E-state index in [1.165, 1.54) is 6.92 Å². The molecule has 22 heavy (non-hydrogen) atoms. The number of carbonyl (C=O) groups excluding carboxylic acids is 1. The van der Waals surface area contributed by atoms with Crippen molar-refractivity contribution in [3.8, 4) is 0 Å². The third-order valence-electron chi connectivity index (χ3n) is 2.64. The van der Waals surface area contributed by atoms with Gasteiger partial charge in [-0.1, -0.05) is 27.5 Å². The second kappa shape index (κ2) is 7.58. The number of halogens is 2. The van der Waals surface area contributed by atoms with Crippen molar-refractivity contribution in [3.63, 3.8) is 0 Å². The minimum atomic E-state index is -0.109. The molecular weight excluding hydrogens is 386 g/mol. The Balaban J connectivity index is 1.98. The van der Waals surface area contributed by atoms with Crippen LogP contribution >= 0.6 is 39.7 Å². The number of nitrogens with one attached hydrogen (secondary N) is 3. The van der Waals surface area contributed by atoms with E-state index in [1.54, 1.807) is 18.2 Å². The molecule has 0 aromatic heterocycles. The number of hydrogen-bond donors (Lipinski definition) is 3. The standard InChI is InChI=1S/C15H13BrClN3OS/c1-9(21)18-11-3-5-12(6-4-11)19-15(22)20-14-7-2-10(16)8-13(14)17/h2-8H,1H3,(H,18,21)(H2,19,20,22). The van der Waals surface area contributed by atoms with Crippen molar-refractivity contribution in [2.24, 2.45) is 0 Å². The molecule has 4 nitrogen and oxygen atoms in total. The summed E-state index contributed by atoms with van der Waals surface area (Å²) in [6, 6.07) is 12.7. The summed E-state index contributed by atoms with van der Waals surface area (Å²) >= 11 is 14.7. The largest absolute Gasteiger partial charge is 0.332 e. The zero-order chi connectivity index (χ0) is 16.1. The summed E-state index contributed by atoms with van der Waals surface area (Å²) in [5, 5.41) is 9.78. The molecule has 0 radical (unpaired) electrons. The van der Waals surface area contributed by atoms with Gasteiger partial charge in [0.25, 0.3) is 0 Å². The Morgan fingerprint density at radius 3 is 2.18 bits per heavy atom. The third kappa shape index (κ3) is 4.98. The summed E-state index contributed by atoms with van der Waals surface area (Å²) in [7, 11) is 0. The second-order valence-electron chi connectivity index (χ2n) is 4.46. The SMILES string of the molecule is CC(=O)Nc1ccc(NC(=S)Nc2ccc(Br)cc2Cl)cc1. The van der Waals surface area contributed by atoms with Gasteiger partial charge >= 0.3 is 0 Å². The van der Waals surface area contributed by atoms with Crippen LogP contribution in [-0.4, -0.2) is 11.0 Å². The first-order valence-electron chi connectivity index (χ1n) is 6.35. The predicted molar refractivity (Wildman–Crippen MR) is 99.7 cm³/mol. The van der Waals surface area contributed by atoms with Crippen molar-refractivity contribution in [2.75, 3.05) is 16.0 Å². The molecule has 0 heterocycles. The molecule has 0 bridgehead atoms. The summed E-state index contributed by atoms with van der Waals surface area (Å²) in [6.45, 7) is 1.47. The number of carbonyl (C=O) groups is 1. The molecule has 114 valence electrons. The first-order valence-corrected chi connectivity index (χ1v) is 7.92. The van der Waals surface area contributed by atoms with Crippen LogP contribution in [-0.2, 0) is 4.79 Å². The van der Waals surface area contributed by atoms with Gasteiger partial charge < -0.3 is 16.0 Å². The van der Waals surface area contributed by atoms with Crippen molar-refractivity contribution < 1.29 is 4.79 Å². The molecule has 0 saturated heterocycles. The van der Waals surface area contributed by atoms with Gasteiger partial charge in [0.1, 0.15) is 0 Å². The van der Waals surface area contributed by atoms with Gasteiger partial charge in [-0.25, -0.2) is 0 Å². The van der Waals surface area contributed by atoms with E-state index in [1.807, 2.05) is 24.3 Å². The van der Waals surface area contributed by atoms with Gasteiger partial charge in [0.05, 0.1) is 10.7 Å².